The molecule has 0 saturated carbocycles. The Labute approximate surface area is 198 Å². The fraction of sp³-hybridized carbons (Fsp3) is 0.625. The molecule has 0 N–H and O–H groups in total. The van der Waals surface area contributed by atoms with Gasteiger partial charge in [0.2, 0.25) is 0 Å². The maximum atomic E-state index is 10.8. The van der Waals surface area contributed by atoms with E-state index in [4.69, 9.17) is 0 Å². The van der Waals surface area contributed by atoms with Gasteiger partial charge in [-0.25, -0.2) is 0 Å². The van der Waals surface area contributed by atoms with E-state index in [1.807, 2.05) is 41.5 Å². The van der Waals surface area contributed by atoms with Crippen molar-refractivity contribution in [2.24, 2.45) is 17.8 Å². The van der Waals surface area contributed by atoms with Gasteiger partial charge in [-0.1, -0.05) is 41.5 Å². The molecule has 0 bridgehead atoms. The van der Waals surface area contributed by atoms with Crippen LogP contribution in [0, 0.1) is 17.8 Å². The zero-order valence-electron chi connectivity index (χ0n) is 20.4. The van der Waals surface area contributed by atoms with Gasteiger partial charge in [0, 0.05) is 0 Å². The minimum absolute atomic E-state index is 0. The molecule has 7 heteroatoms. The molecule has 0 aliphatic rings. The Kier molecular flexibility index (Phi) is 25.2. The SMILES string of the molecule is CC(=O)/C=C(\[O-])CC(C)C.CC(=O)/C=C(\[O-])CC(C)C.CC(=O)/C=C(\[O-])CC(C)C.[Co+3]. The van der Waals surface area contributed by atoms with E-state index >= 15 is 0 Å². The summed E-state index contributed by atoms with van der Waals surface area (Å²) in [6.45, 7) is 15.9. The molecule has 0 spiro atoms. The Morgan fingerprint density at radius 1 is 0.548 bits per heavy atom. The molecule has 0 aromatic heterocycles. The molecular formula is C24H39CoO6. The number of allylic oxidation sites excluding steroid dienone is 6. The van der Waals surface area contributed by atoms with Crippen LogP contribution >= 0.6 is 0 Å². The van der Waals surface area contributed by atoms with Crippen LogP contribution in [0.2, 0.25) is 0 Å². The molecule has 6 nitrogen and oxygen atoms in total. The summed E-state index contributed by atoms with van der Waals surface area (Å²) in [4.78, 5) is 31.1. The van der Waals surface area contributed by atoms with Crippen LogP contribution in [-0.2, 0) is 31.2 Å². The van der Waals surface area contributed by atoms with Gasteiger partial charge in [0.1, 0.15) is 0 Å². The van der Waals surface area contributed by atoms with Crippen LogP contribution in [0.5, 0.6) is 0 Å². The van der Waals surface area contributed by atoms with Crippen molar-refractivity contribution in [1.29, 1.82) is 0 Å². The van der Waals surface area contributed by atoms with Gasteiger partial charge in [-0.15, -0.1) is 17.3 Å². The summed E-state index contributed by atoms with van der Waals surface area (Å²) in [7, 11) is 0. The van der Waals surface area contributed by atoms with E-state index in [1.54, 1.807) is 0 Å². The van der Waals surface area contributed by atoms with Crippen LogP contribution in [0.25, 0.3) is 0 Å². The summed E-state index contributed by atoms with van der Waals surface area (Å²) in [6, 6.07) is 0. The summed E-state index contributed by atoms with van der Waals surface area (Å²) in [6.07, 6.45) is 4.87. The quantitative estimate of drug-likeness (QED) is 0.368. The maximum Gasteiger partial charge on any atom is 3.00 e. The van der Waals surface area contributed by atoms with E-state index in [0.29, 0.717) is 37.0 Å². The summed E-state index contributed by atoms with van der Waals surface area (Å²) >= 11 is 0. The van der Waals surface area contributed by atoms with Gasteiger partial charge >= 0.3 is 16.8 Å². The van der Waals surface area contributed by atoms with Crippen LogP contribution < -0.4 is 15.3 Å². The standard InChI is InChI=1S/3C8H14O2.Co/c3*1-6(2)4-8(10)5-7(3)9;/h3*5-6,10H,4H2,1-3H3;/q;;;+3/p-3/b3*8-5-;. The Balaban J connectivity index is -0.000000174. The second kappa shape index (κ2) is 21.4. The molecular weight excluding hydrogens is 443 g/mol. The summed E-state index contributed by atoms with van der Waals surface area (Å²) in [5, 5.41) is 32.4. The third-order valence-corrected chi connectivity index (χ3v) is 2.92. The van der Waals surface area contributed by atoms with E-state index in [2.05, 4.69) is 0 Å². The Morgan fingerprint density at radius 3 is 0.806 bits per heavy atom. The predicted octanol–water partition coefficient (Wildman–Crippen LogP) is 2.59. The van der Waals surface area contributed by atoms with Gasteiger partial charge in [0.05, 0.1) is 0 Å². The van der Waals surface area contributed by atoms with Crippen molar-refractivity contribution in [2.45, 2.75) is 81.6 Å². The molecule has 0 aliphatic carbocycles. The molecule has 0 aliphatic heterocycles. The molecule has 0 aromatic carbocycles. The van der Waals surface area contributed by atoms with Crippen molar-refractivity contribution in [1.82, 2.24) is 0 Å². The first kappa shape index (κ1) is 36.5. The van der Waals surface area contributed by atoms with E-state index in [1.165, 1.54) is 20.8 Å². The van der Waals surface area contributed by atoms with Crippen molar-refractivity contribution in [3.8, 4) is 0 Å². The topological polar surface area (TPSA) is 120 Å². The van der Waals surface area contributed by atoms with Gasteiger partial charge in [0.15, 0.2) is 17.3 Å². The molecule has 0 radical (unpaired) electrons. The molecule has 0 fully saturated rings. The second-order valence-electron chi connectivity index (χ2n) is 8.46. The Bertz CT molecular complexity index is 528. The predicted molar refractivity (Wildman–Crippen MR) is 115 cm³/mol. The van der Waals surface area contributed by atoms with Crippen LogP contribution in [0.15, 0.2) is 35.5 Å². The molecule has 0 aromatic rings. The first-order chi connectivity index (χ1) is 13.6. The third-order valence-electron chi connectivity index (χ3n) is 2.92. The molecule has 0 atom stereocenters. The molecule has 0 saturated heterocycles. The van der Waals surface area contributed by atoms with Gasteiger partial charge in [-0.3, -0.25) is 14.4 Å². The van der Waals surface area contributed by atoms with E-state index in [0.717, 1.165) is 18.2 Å². The van der Waals surface area contributed by atoms with Gasteiger partial charge in [-0.05, 0) is 76.0 Å². The summed E-state index contributed by atoms with van der Waals surface area (Å²) in [5.41, 5.74) is 0. The average molecular weight is 483 g/mol. The van der Waals surface area contributed by atoms with Crippen molar-refractivity contribution in [2.75, 3.05) is 0 Å². The van der Waals surface area contributed by atoms with E-state index in [9.17, 15) is 29.7 Å². The minimum atomic E-state index is -0.161. The number of ketones is 3. The number of carbonyl (C=O) groups excluding carboxylic acids is 3. The molecule has 0 unspecified atom stereocenters. The maximum absolute atomic E-state index is 10.8. The summed E-state index contributed by atoms with van der Waals surface area (Å²) < 4.78 is 0. The Hall–Kier alpha value is -1.86. The Morgan fingerprint density at radius 2 is 0.710 bits per heavy atom. The zero-order chi connectivity index (χ0) is 24.4. The normalized spacial score (nSPS) is 11.8. The van der Waals surface area contributed by atoms with Crippen LogP contribution in [0.4, 0.5) is 0 Å². The fourth-order valence-corrected chi connectivity index (χ4v) is 2.06. The van der Waals surface area contributed by atoms with Crippen molar-refractivity contribution in [3.63, 3.8) is 0 Å². The van der Waals surface area contributed by atoms with Gasteiger partial charge in [-0.2, -0.15) is 0 Å². The van der Waals surface area contributed by atoms with Crippen LogP contribution in [-0.4, -0.2) is 17.3 Å². The summed E-state index contributed by atoms with van der Waals surface area (Å²) in [5.74, 6) is 0.323. The van der Waals surface area contributed by atoms with Crippen LogP contribution in [0.1, 0.15) is 81.6 Å². The smallest absolute Gasteiger partial charge is 0.875 e. The van der Waals surface area contributed by atoms with Crippen molar-refractivity contribution >= 4 is 17.3 Å². The molecule has 0 rings (SSSR count). The number of hydrogen-bond acceptors (Lipinski definition) is 6. The first-order valence-electron chi connectivity index (χ1n) is 10.2. The zero-order valence-corrected chi connectivity index (χ0v) is 21.4. The van der Waals surface area contributed by atoms with E-state index < -0.39 is 0 Å². The largest absolute Gasteiger partial charge is 3.00 e. The fourth-order valence-electron chi connectivity index (χ4n) is 2.06. The van der Waals surface area contributed by atoms with Gasteiger partial charge < -0.3 is 15.3 Å². The number of carbonyl (C=O) groups is 3. The molecule has 0 amide bonds. The average Bonchev–Trinajstić information content (AvgIpc) is 2.42. The second-order valence-corrected chi connectivity index (χ2v) is 8.46. The van der Waals surface area contributed by atoms with Crippen LogP contribution in [0.3, 0.4) is 0 Å². The molecule has 0 heterocycles. The van der Waals surface area contributed by atoms with Crippen molar-refractivity contribution < 1.29 is 46.5 Å². The van der Waals surface area contributed by atoms with Gasteiger partial charge in [0.25, 0.3) is 0 Å². The molecule has 180 valence electrons. The third kappa shape index (κ3) is 39.2. The first-order valence-corrected chi connectivity index (χ1v) is 10.2. The minimum Gasteiger partial charge on any atom is -0.875 e. The van der Waals surface area contributed by atoms with E-state index in [-0.39, 0.29) is 51.4 Å². The molecule has 31 heavy (non-hydrogen) atoms. The monoisotopic (exact) mass is 482 g/mol. The van der Waals surface area contributed by atoms with Crippen molar-refractivity contribution in [3.05, 3.63) is 35.5 Å². The number of rotatable bonds is 9. The number of hydrogen-bond donors (Lipinski definition) is 0.